The third kappa shape index (κ3) is 3.75. The van der Waals surface area contributed by atoms with Gasteiger partial charge in [-0.1, -0.05) is 0 Å². The number of aryl methyl sites for hydroxylation is 1. The minimum absolute atomic E-state index is 0.322. The third-order valence-corrected chi connectivity index (χ3v) is 2.76. The fraction of sp³-hybridized carbons (Fsp3) is 0.462. The zero-order valence-electron chi connectivity index (χ0n) is 10.5. The lowest BCUT2D eigenvalue weighted by atomic mass is 10.1. The highest BCUT2D eigenvalue weighted by molar-refractivity contribution is 5.89. The number of aliphatic hydroxyl groups is 1. The molecule has 94 valence electrons. The number of benzene rings is 1. The Morgan fingerprint density at radius 2 is 2.12 bits per heavy atom. The monoisotopic (exact) mass is 237 g/mol. The number of rotatable bonds is 5. The van der Waals surface area contributed by atoms with Crippen LogP contribution in [0.3, 0.4) is 0 Å². The van der Waals surface area contributed by atoms with Gasteiger partial charge in [0.05, 0.1) is 11.7 Å². The van der Waals surface area contributed by atoms with Crippen molar-refractivity contribution < 1.29 is 15.0 Å². The summed E-state index contributed by atoms with van der Waals surface area (Å²) in [5, 5.41) is 18.1. The quantitative estimate of drug-likeness (QED) is 0.821. The summed E-state index contributed by atoms with van der Waals surface area (Å²) < 4.78 is 0. The summed E-state index contributed by atoms with van der Waals surface area (Å²) in [6.45, 7) is 4.28. The second-order valence-corrected chi connectivity index (χ2v) is 4.36. The topological polar surface area (TPSA) is 60.8 Å². The van der Waals surface area contributed by atoms with Gasteiger partial charge >= 0.3 is 5.97 Å². The van der Waals surface area contributed by atoms with Crippen molar-refractivity contribution in [2.24, 2.45) is 0 Å². The van der Waals surface area contributed by atoms with Crippen LogP contribution in [0.4, 0.5) is 5.69 Å². The molecule has 0 aliphatic rings. The third-order valence-electron chi connectivity index (χ3n) is 2.76. The smallest absolute Gasteiger partial charge is 0.335 e. The van der Waals surface area contributed by atoms with Crippen molar-refractivity contribution in [2.75, 3.05) is 18.5 Å². The summed E-state index contributed by atoms with van der Waals surface area (Å²) in [6, 6.07) is 5.26. The molecular formula is C13H19NO3. The van der Waals surface area contributed by atoms with Crippen LogP contribution in [0.1, 0.15) is 29.3 Å². The standard InChI is InChI=1S/C13H19NO3/c1-9-8-11(4-5-12(9)13(16)17)14(3)7-6-10(2)15/h4-5,8,10,15H,6-7H2,1-3H3,(H,16,17). The Hall–Kier alpha value is -1.55. The van der Waals surface area contributed by atoms with Crippen LogP contribution in [0.2, 0.25) is 0 Å². The number of carbonyl (C=O) groups is 1. The highest BCUT2D eigenvalue weighted by atomic mass is 16.4. The van der Waals surface area contributed by atoms with E-state index in [-0.39, 0.29) is 6.10 Å². The zero-order valence-corrected chi connectivity index (χ0v) is 10.5. The fourth-order valence-corrected chi connectivity index (χ4v) is 1.63. The number of nitrogens with zero attached hydrogens (tertiary/aromatic N) is 1. The lowest BCUT2D eigenvalue weighted by molar-refractivity contribution is 0.0696. The highest BCUT2D eigenvalue weighted by Crippen LogP contribution is 2.18. The molecule has 0 spiro atoms. The number of carboxylic acid groups (broad SMARTS) is 1. The van der Waals surface area contributed by atoms with Gasteiger partial charge in [0.2, 0.25) is 0 Å². The normalized spacial score (nSPS) is 12.2. The number of aromatic carboxylic acids is 1. The lowest BCUT2D eigenvalue weighted by Crippen LogP contribution is -2.22. The first-order valence-corrected chi connectivity index (χ1v) is 5.65. The molecular weight excluding hydrogens is 218 g/mol. The van der Waals surface area contributed by atoms with E-state index < -0.39 is 5.97 Å². The first-order valence-electron chi connectivity index (χ1n) is 5.65. The summed E-state index contributed by atoms with van der Waals surface area (Å²) in [7, 11) is 1.93. The summed E-state index contributed by atoms with van der Waals surface area (Å²) >= 11 is 0. The van der Waals surface area contributed by atoms with Gasteiger partial charge in [-0.3, -0.25) is 0 Å². The van der Waals surface area contributed by atoms with Crippen molar-refractivity contribution in [3.63, 3.8) is 0 Å². The Morgan fingerprint density at radius 1 is 1.47 bits per heavy atom. The van der Waals surface area contributed by atoms with E-state index in [0.29, 0.717) is 12.0 Å². The molecule has 0 saturated carbocycles. The molecule has 1 rings (SSSR count). The molecule has 0 aliphatic heterocycles. The minimum Gasteiger partial charge on any atom is -0.478 e. The Balaban J connectivity index is 2.79. The molecule has 0 saturated heterocycles. The maximum Gasteiger partial charge on any atom is 0.335 e. The second-order valence-electron chi connectivity index (χ2n) is 4.36. The first-order chi connectivity index (χ1) is 7.91. The van der Waals surface area contributed by atoms with E-state index in [9.17, 15) is 9.90 Å². The molecule has 0 aromatic heterocycles. The Kier molecular flexibility index (Phi) is 4.52. The maximum atomic E-state index is 10.9. The van der Waals surface area contributed by atoms with Gasteiger partial charge in [-0.15, -0.1) is 0 Å². The van der Waals surface area contributed by atoms with E-state index in [4.69, 9.17) is 5.11 Å². The largest absolute Gasteiger partial charge is 0.478 e. The van der Waals surface area contributed by atoms with E-state index in [1.54, 1.807) is 26.0 Å². The van der Waals surface area contributed by atoms with Gasteiger partial charge in [-0.05, 0) is 44.0 Å². The molecule has 1 atom stereocenters. The molecule has 1 aromatic rings. The number of aliphatic hydroxyl groups excluding tert-OH is 1. The molecule has 0 bridgehead atoms. The summed E-state index contributed by atoms with van der Waals surface area (Å²) in [5.74, 6) is -0.902. The molecule has 17 heavy (non-hydrogen) atoms. The van der Waals surface area contributed by atoms with Gasteiger partial charge in [-0.2, -0.15) is 0 Å². The van der Waals surface area contributed by atoms with Crippen molar-refractivity contribution in [1.82, 2.24) is 0 Å². The Labute approximate surface area is 101 Å². The molecule has 4 heteroatoms. The van der Waals surface area contributed by atoms with E-state index in [0.717, 1.165) is 17.8 Å². The molecule has 0 amide bonds. The molecule has 0 radical (unpaired) electrons. The molecule has 0 heterocycles. The van der Waals surface area contributed by atoms with E-state index >= 15 is 0 Å². The van der Waals surface area contributed by atoms with Crippen LogP contribution in [0.5, 0.6) is 0 Å². The molecule has 0 fully saturated rings. The summed E-state index contributed by atoms with van der Waals surface area (Å²) in [4.78, 5) is 12.9. The maximum absolute atomic E-state index is 10.9. The van der Waals surface area contributed by atoms with E-state index in [1.165, 1.54) is 0 Å². The number of carboxylic acids is 1. The van der Waals surface area contributed by atoms with Crippen LogP contribution in [-0.2, 0) is 0 Å². The SMILES string of the molecule is Cc1cc(N(C)CCC(C)O)ccc1C(=O)O. The average molecular weight is 237 g/mol. The van der Waals surface area contributed by atoms with Gasteiger partial charge in [0.25, 0.3) is 0 Å². The van der Waals surface area contributed by atoms with Crippen LogP contribution in [0.15, 0.2) is 18.2 Å². The van der Waals surface area contributed by atoms with Crippen molar-refractivity contribution in [3.8, 4) is 0 Å². The summed E-state index contributed by atoms with van der Waals surface area (Å²) in [5.41, 5.74) is 2.05. The van der Waals surface area contributed by atoms with Crippen molar-refractivity contribution >= 4 is 11.7 Å². The first kappa shape index (κ1) is 13.5. The van der Waals surface area contributed by atoms with Crippen LogP contribution in [0.25, 0.3) is 0 Å². The van der Waals surface area contributed by atoms with Gasteiger partial charge in [0, 0.05) is 19.3 Å². The zero-order chi connectivity index (χ0) is 13.0. The van der Waals surface area contributed by atoms with Gasteiger partial charge in [-0.25, -0.2) is 4.79 Å². The predicted molar refractivity (Wildman–Crippen MR) is 67.7 cm³/mol. The molecule has 1 aromatic carbocycles. The predicted octanol–water partition coefficient (Wildman–Crippen LogP) is 1.90. The summed E-state index contributed by atoms with van der Waals surface area (Å²) in [6.07, 6.45) is 0.368. The fourth-order valence-electron chi connectivity index (χ4n) is 1.63. The average Bonchev–Trinajstić information content (AvgIpc) is 2.25. The highest BCUT2D eigenvalue weighted by Gasteiger charge is 2.09. The van der Waals surface area contributed by atoms with Gasteiger partial charge in [0.15, 0.2) is 0 Å². The number of hydrogen-bond acceptors (Lipinski definition) is 3. The molecule has 1 unspecified atom stereocenters. The van der Waals surface area contributed by atoms with Crippen LogP contribution in [-0.4, -0.2) is 35.9 Å². The Bertz CT molecular complexity index is 402. The van der Waals surface area contributed by atoms with Crippen molar-refractivity contribution in [2.45, 2.75) is 26.4 Å². The molecule has 2 N–H and O–H groups in total. The van der Waals surface area contributed by atoms with Crippen molar-refractivity contribution in [1.29, 1.82) is 0 Å². The van der Waals surface area contributed by atoms with Crippen LogP contribution >= 0.6 is 0 Å². The van der Waals surface area contributed by atoms with Crippen molar-refractivity contribution in [3.05, 3.63) is 29.3 Å². The minimum atomic E-state index is -0.902. The molecule has 0 aliphatic carbocycles. The van der Waals surface area contributed by atoms with Gasteiger partial charge in [0.1, 0.15) is 0 Å². The second kappa shape index (κ2) is 5.68. The van der Waals surface area contributed by atoms with E-state index in [1.807, 2.05) is 18.0 Å². The number of hydrogen-bond donors (Lipinski definition) is 2. The lowest BCUT2D eigenvalue weighted by Gasteiger charge is -2.21. The van der Waals surface area contributed by atoms with Gasteiger partial charge < -0.3 is 15.1 Å². The van der Waals surface area contributed by atoms with E-state index in [2.05, 4.69) is 0 Å². The van der Waals surface area contributed by atoms with Crippen LogP contribution in [0, 0.1) is 6.92 Å². The number of anilines is 1. The molecule has 4 nitrogen and oxygen atoms in total. The van der Waals surface area contributed by atoms with Crippen LogP contribution < -0.4 is 4.90 Å². The Morgan fingerprint density at radius 3 is 2.59 bits per heavy atom.